The number of pyridine rings is 1. The molecule has 0 aliphatic heterocycles. The molecule has 0 atom stereocenters. The van der Waals surface area contributed by atoms with Crippen molar-refractivity contribution >= 4 is 34.3 Å². The van der Waals surface area contributed by atoms with Gasteiger partial charge in [0.2, 0.25) is 0 Å². The summed E-state index contributed by atoms with van der Waals surface area (Å²) in [6, 6.07) is 8.91. The number of carbonyl (C=O) groups excluding carboxylic acids is 1. The third-order valence-electron chi connectivity index (χ3n) is 3.26. The molecule has 4 nitrogen and oxygen atoms in total. The molecule has 0 radical (unpaired) electrons. The smallest absolute Gasteiger partial charge is 0.292 e. The minimum absolute atomic E-state index is 0.273. The van der Waals surface area contributed by atoms with Crippen molar-refractivity contribution in [3.63, 3.8) is 0 Å². The van der Waals surface area contributed by atoms with Gasteiger partial charge in [-0.15, -0.1) is 0 Å². The third kappa shape index (κ3) is 2.62. The van der Waals surface area contributed by atoms with Crippen molar-refractivity contribution in [3.05, 3.63) is 58.4 Å². The summed E-state index contributed by atoms with van der Waals surface area (Å²) in [5.41, 5.74) is 2.43. The lowest BCUT2D eigenvalue weighted by Crippen LogP contribution is -2.13. The molecule has 3 aromatic rings. The summed E-state index contributed by atoms with van der Waals surface area (Å²) in [7, 11) is 0. The van der Waals surface area contributed by atoms with Gasteiger partial charge in [-0.25, -0.2) is 4.98 Å². The van der Waals surface area contributed by atoms with Gasteiger partial charge in [0.1, 0.15) is 11.4 Å². The van der Waals surface area contributed by atoms with Crippen LogP contribution in [0.3, 0.4) is 0 Å². The van der Waals surface area contributed by atoms with E-state index in [0.29, 0.717) is 16.4 Å². The molecule has 0 unspecified atom stereocenters. The molecule has 2 heterocycles. The maximum Gasteiger partial charge on any atom is 0.292 e. The van der Waals surface area contributed by atoms with Crippen LogP contribution in [-0.2, 0) is 0 Å². The molecular weight excluding hydrogens is 288 g/mol. The van der Waals surface area contributed by atoms with Gasteiger partial charge in [-0.1, -0.05) is 17.7 Å². The number of nitrogens with zero attached hydrogens (tertiary/aromatic N) is 1. The van der Waals surface area contributed by atoms with Gasteiger partial charge in [-0.2, -0.15) is 0 Å². The first kappa shape index (κ1) is 13.6. The number of halogens is 1. The second-order valence-electron chi connectivity index (χ2n) is 4.87. The molecular formula is C16H13ClN2O2. The number of anilines is 1. The summed E-state index contributed by atoms with van der Waals surface area (Å²) < 4.78 is 5.61. The summed E-state index contributed by atoms with van der Waals surface area (Å²) in [4.78, 5) is 16.4. The second-order valence-corrected chi connectivity index (χ2v) is 5.31. The lowest BCUT2D eigenvalue weighted by molar-refractivity contribution is 0.0997. The highest BCUT2D eigenvalue weighted by molar-refractivity contribution is 6.31. The highest BCUT2D eigenvalue weighted by Crippen LogP contribution is 2.28. The Morgan fingerprint density at radius 2 is 2.05 bits per heavy atom. The van der Waals surface area contributed by atoms with Crippen molar-refractivity contribution in [2.45, 2.75) is 13.8 Å². The van der Waals surface area contributed by atoms with E-state index in [1.807, 2.05) is 19.9 Å². The minimum atomic E-state index is -0.323. The van der Waals surface area contributed by atoms with Crippen LogP contribution in [0.25, 0.3) is 11.0 Å². The largest absolute Gasteiger partial charge is 0.451 e. The number of aryl methyl sites for hydroxylation is 2. The monoisotopic (exact) mass is 300 g/mol. The molecule has 2 aromatic heterocycles. The van der Waals surface area contributed by atoms with Crippen LogP contribution in [0.5, 0.6) is 0 Å². The molecule has 0 fully saturated rings. The predicted molar refractivity (Wildman–Crippen MR) is 82.9 cm³/mol. The lowest BCUT2D eigenvalue weighted by Gasteiger charge is -2.03. The number of hydrogen-bond donors (Lipinski definition) is 1. The van der Waals surface area contributed by atoms with Gasteiger partial charge in [0.25, 0.3) is 5.91 Å². The fourth-order valence-corrected chi connectivity index (χ4v) is 2.30. The van der Waals surface area contributed by atoms with Crippen molar-refractivity contribution in [3.8, 4) is 0 Å². The highest BCUT2D eigenvalue weighted by Gasteiger charge is 2.18. The van der Waals surface area contributed by atoms with Gasteiger partial charge in [0, 0.05) is 22.2 Å². The van der Waals surface area contributed by atoms with Crippen LogP contribution < -0.4 is 5.32 Å². The molecule has 0 saturated heterocycles. The molecule has 5 heteroatoms. The maximum atomic E-state index is 12.3. The number of rotatable bonds is 2. The average Bonchev–Trinajstić information content (AvgIpc) is 2.79. The SMILES string of the molecule is Cc1ccc(NC(=O)c2oc3ccc(Cl)cc3c2C)nc1. The van der Waals surface area contributed by atoms with Gasteiger partial charge in [-0.3, -0.25) is 4.79 Å². The highest BCUT2D eigenvalue weighted by atomic mass is 35.5. The van der Waals surface area contributed by atoms with E-state index in [9.17, 15) is 4.79 Å². The Hall–Kier alpha value is -2.33. The Morgan fingerprint density at radius 3 is 2.76 bits per heavy atom. The molecule has 0 aliphatic rings. The summed E-state index contributed by atoms with van der Waals surface area (Å²) in [5.74, 6) is 0.439. The lowest BCUT2D eigenvalue weighted by atomic mass is 10.1. The summed E-state index contributed by atoms with van der Waals surface area (Å²) >= 11 is 5.97. The van der Waals surface area contributed by atoms with Crippen LogP contribution in [0.4, 0.5) is 5.82 Å². The average molecular weight is 301 g/mol. The Labute approximate surface area is 126 Å². The Bertz CT molecular complexity index is 822. The van der Waals surface area contributed by atoms with Crippen LogP contribution >= 0.6 is 11.6 Å². The first-order valence-electron chi connectivity index (χ1n) is 6.47. The number of fused-ring (bicyclic) bond motifs is 1. The molecule has 1 aromatic carbocycles. The van der Waals surface area contributed by atoms with Gasteiger partial charge in [0.05, 0.1) is 0 Å². The van der Waals surface area contributed by atoms with E-state index >= 15 is 0 Å². The number of nitrogens with one attached hydrogen (secondary N) is 1. The van der Waals surface area contributed by atoms with Crippen molar-refractivity contribution < 1.29 is 9.21 Å². The van der Waals surface area contributed by atoms with Crippen molar-refractivity contribution in [2.24, 2.45) is 0 Å². The number of benzene rings is 1. The second kappa shape index (κ2) is 5.22. The molecule has 1 amide bonds. The van der Waals surface area contributed by atoms with Crippen LogP contribution in [-0.4, -0.2) is 10.9 Å². The van der Waals surface area contributed by atoms with E-state index in [1.165, 1.54) is 0 Å². The zero-order valence-electron chi connectivity index (χ0n) is 11.6. The quantitative estimate of drug-likeness (QED) is 0.765. The molecule has 21 heavy (non-hydrogen) atoms. The maximum absolute atomic E-state index is 12.3. The summed E-state index contributed by atoms with van der Waals surface area (Å²) in [6.45, 7) is 3.77. The summed E-state index contributed by atoms with van der Waals surface area (Å²) in [5, 5.41) is 4.17. The van der Waals surface area contributed by atoms with Crippen molar-refractivity contribution in [1.82, 2.24) is 4.98 Å². The molecule has 3 rings (SSSR count). The zero-order chi connectivity index (χ0) is 15.0. The first-order valence-corrected chi connectivity index (χ1v) is 6.85. The number of furan rings is 1. The normalized spacial score (nSPS) is 10.8. The Balaban J connectivity index is 1.94. The number of hydrogen-bond acceptors (Lipinski definition) is 3. The Morgan fingerprint density at radius 1 is 1.24 bits per heavy atom. The van der Waals surface area contributed by atoms with Crippen LogP contribution in [0, 0.1) is 13.8 Å². The molecule has 0 aliphatic carbocycles. The van der Waals surface area contributed by atoms with E-state index in [0.717, 1.165) is 16.5 Å². The number of amides is 1. The molecule has 0 saturated carbocycles. The summed E-state index contributed by atoms with van der Waals surface area (Å²) in [6.07, 6.45) is 1.70. The molecule has 0 bridgehead atoms. The Kier molecular flexibility index (Phi) is 3.39. The van der Waals surface area contributed by atoms with Crippen molar-refractivity contribution in [2.75, 3.05) is 5.32 Å². The van der Waals surface area contributed by atoms with E-state index in [-0.39, 0.29) is 11.7 Å². The zero-order valence-corrected chi connectivity index (χ0v) is 12.4. The van der Waals surface area contributed by atoms with E-state index in [2.05, 4.69) is 10.3 Å². The van der Waals surface area contributed by atoms with Crippen molar-refractivity contribution in [1.29, 1.82) is 0 Å². The van der Waals surface area contributed by atoms with E-state index in [4.69, 9.17) is 16.0 Å². The topological polar surface area (TPSA) is 55.1 Å². The van der Waals surface area contributed by atoms with Crippen LogP contribution in [0.1, 0.15) is 21.7 Å². The van der Waals surface area contributed by atoms with E-state index in [1.54, 1.807) is 30.5 Å². The first-order chi connectivity index (χ1) is 10.0. The van der Waals surface area contributed by atoms with Gasteiger partial charge < -0.3 is 9.73 Å². The predicted octanol–water partition coefficient (Wildman–Crippen LogP) is 4.35. The molecule has 0 spiro atoms. The van der Waals surface area contributed by atoms with Gasteiger partial charge in [0.15, 0.2) is 5.76 Å². The van der Waals surface area contributed by atoms with Crippen LogP contribution in [0.15, 0.2) is 40.9 Å². The third-order valence-corrected chi connectivity index (χ3v) is 3.49. The number of aromatic nitrogens is 1. The van der Waals surface area contributed by atoms with E-state index < -0.39 is 0 Å². The van der Waals surface area contributed by atoms with Gasteiger partial charge >= 0.3 is 0 Å². The van der Waals surface area contributed by atoms with Crippen LogP contribution in [0.2, 0.25) is 5.02 Å². The minimum Gasteiger partial charge on any atom is -0.451 e. The fraction of sp³-hybridized carbons (Fsp3) is 0.125. The van der Waals surface area contributed by atoms with Gasteiger partial charge in [-0.05, 0) is 43.7 Å². The standard InChI is InChI=1S/C16H13ClN2O2/c1-9-3-6-14(18-8-9)19-16(20)15-10(2)12-7-11(17)4-5-13(12)21-15/h3-8H,1-2H3,(H,18,19,20). The fourth-order valence-electron chi connectivity index (χ4n) is 2.12. The molecule has 1 N–H and O–H groups in total. The molecule has 106 valence electrons. The number of carbonyl (C=O) groups is 1.